The van der Waals surface area contributed by atoms with Gasteiger partial charge in [-0.25, -0.2) is 4.79 Å². The molecule has 4 rings (SSSR count). The van der Waals surface area contributed by atoms with Crippen molar-refractivity contribution in [2.75, 3.05) is 25.5 Å². The number of carbonyl (C=O) groups excluding carboxylic acids is 1. The van der Waals surface area contributed by atoms with E-state index < -0.39 is 5.97 Å². The molecule has 33 heavy (non-hydrogen) atoms. The van der Waals surface area contributed by atoms with Crippen LogP contribution in [0, 0.1) is 5.92 Å². The molecule has 2 aliphatic rings. The maximum Gasteiger partial charge on any atom is 0.336 e. The number of anilines is 1. The Bertz CT molecular complexity index is 1120. The lowest BCUT2D eigenvalue weighted by molar-refractivity contribution is -0.110. The van der Waals surface area contributed by atoms with Gasteiger partial charge in [0, 0.05) is 41.8 Å². The zero-order valence-electron chi connectivity index (χ0n) is 18.5. The number of carbonyl (C=O) groups is 2. The summed E-state index contributed by atoms with van der Waals surface area (Å²) in [6.45, 7) is 1.75. The Balaban J connectivity index is 1.66. The third-order valence-electron chi connectivity index (χ3n) is 6.05. The molecule has 2 aromatic carbocycles. The normalized spacial score (nSPS) is 18.7. The molecule has 7 nitrogen and oxygen atoms in total. The molecule has 1 aliphatic carbocycles. The Morgan fingerprint density at radius 3 is 2.64 bits per heavy atom. The number of ketones is 1. The first-order chi connectivity index (χ1) is 16.0. The van der Waals surface area contributed by atoms with E-state index in [1.54, 1.807) is 24.3 Å². The fraction of sp³-hybridized carbons (Fsp3) is 0.308. The van der Waals surface area contributed by atoms with Crippen LogP contribution in [0.1, 0.15) is 46.7 Å². The van der Waals surface area contributed by atoms with Crippen molar-refractivity contribution in [1.82, 2.24) is 5.32 Å². The molecule has 0 amide bonds. The Labute approximate surface area is 192 Å². The van der Waals surface area contributed by atoms with Crippen LogP contribution in [0.4, 0.5) is 5.69 Å². The maximum absolute atomic E-state index is 12.3. The number of hydrogen-bond acceptors (Lipinski definition) is 6. The smallest absolute Gasteiger partial charge is 0.336 e. The molecule has 1 aliphatic heterocycles. The summed E-state index contributed by atoms with van der Waals surface area (Å²) in [5.41, 5.74) is 2.35. The summed E-state index contributed by atoms with van der Waals surface area (Å²) < 4.78 is 5.92. The molecule has 0 bridgehead atoms. The van der Waals surface area contributed by atoms with E-state index in [1.165, 1.54) is 18.2 Å². The minimum Gasteiger partial charge on any atom is -0.508 e. The van der Waals surface area contributed by atoms with E-state index in [0.717, 1.165) is 43.6 Å². The van der Waals surface area contributed by atoms with Crippen LogP contribution in [0.2, 0.25) is 0 Å². The third kappa shape index (κ3) is 4.93. The average Bonchev–Trinajstić information content (AvgIpc) is 2.79. The van der Waals surface area contributed by atoms with Gasteiger partial charge in [0.1, 0.15) is 17.3 Å². The number of hydrogen-bond donors (Lipinski definition) is 4. The zero-order valence-corrected chi connectivity index (χ0v) is 18.5. The van der Waals surface area contributed by atoms with E-state index in [-0.39, 0.29) is 28.9 Å². The van der Waals surface area contributed by atoms with Crippen LogP contribution in [0.3, 0.4) is 0 Å². The Morgan fingerprint density at radius 1 is 1.06 bits per heavy atom. The van der Waals surface area contributed by atoms with Gasteiger partial charge in [-0.2, -0.15) is 0 Å². The van der Waals surface area contributed by atoms with E-state index in [4.69, 9.17) is 4.74 Å². The van der Waals surface area contributed by atoms with Gasteiger partial charge in [0.05, 0.1) is 5.56 Å². The van der Waals surface area contributed by atoms with Crippen molar-refractivity contribution in [3.63, 3.8) is 0 Å². The number of ether oxygens (including phenoxy) is 1. The van der Waals surface area contributed by atoms with Gasteiger partial charge >= 0.3 is 5.97 Å². The molecular weight excluding hydrogens is 420 g/mol. The molecule has 2 atom stereocenters. The van der Waals surface area contributed by atoms with Crippen LogP contribution >= 0.6 is 0 Å². The SMILES string of the molecule is CNCCCCCNc1ccc(C2c3ccc(O)cc3OC3=CC(=O)C=CC32)c(C(=O)O)c1. The highest BCUT2D eigenvalue weighted by Crippen LogP contribution is 2.49. The van der Waals surface area contributed by atoms with Gasteiger partial charge in [0.2, 0.25) is 0 Å². The van der Waals surface area contributed by atoms with Gasteiger partial charge in [0.15, 0.2) is 5.78 Å². The number of fused-ring (bicyclic) bond motifs is 2. The molecule has 2 aromatic rings. The van der Waals surface area contributed by atoms with Crippen molar-refractivity contribution < 1.29 is 24.5 Å². The van der Waals surface area contributed by atoms with Crippen LogP contribution in [0.5, 0.6) is 11.5 Å². The van der Waals surface area contributed by atoms with Crippen molar-refractivity contribution in [2.24, 2.45) is 5.92 Å². The van der Waals surface area contributed by atoms with Gasteiger partial charge in [-0.15, -0.1) is 0 Å². The number of rotatable bonds is 9. The zero-order chi connectivity index (χ0) is 23.4. The van der Waals surface area contributed by atoms with Crippen molar-refractivity contribution in [1.29, 1.82) is 0 Å². The lowest BCUT2D eigenvalue weighted by atomic mass is 9.74. The van der Waals surface area contributed by atoms with Crippen molar-refractivity contribution in [3.8, 4) is 11.5 Å². The highest BCUT2D eigenvalue weighted by molar-refractivity contribution is 6.01. The Hall–Kier alpha value is -3.58. The van der Waals surface area contributed by atoms with Crippen LogP contribution < -0.4 is 15.4 Å². The fourth-order valence-corrected chi connectivity index (χ4v) is 4.46. The predicted molar refractivity (Wildman–Crippen MR) is 126 cm³/mol. The lowest BCUT2D eigenvalue weighted by Gasteiger charge is -2.35. The molecule has 0 saturated heterocycles. The Morgan fingerprint density at radius 2 is 1.85 bits per heavy atom. The number of benzene rings is 2. The number of aromatic hydroxyl groups is 1. The van der Waals surface area contributed by atoms with Crippen molar-refractivity contribution >= 4 is 17.4 Å². The molecular formula is C26H28N2O5. The first-order valence-corrected chi connectivity index (χ1v) is 11.2. The van der Waals surface area contributed by atoms with E-state index in [2.05, 4.69) is 10.6 Å². The van der Waals surface area contributed by atoms with Crippen LogP contribution in [0.15, 0.2) is 60.4 Å². The van der Waals surface area contributed by atoms with Crippen LogP contribution in [-0.4, -0.2) is 42.1 Å². The monoisotopic (exact) mass is 448 g/mol. The van der Waals surface area contributed by atoms with Crippen molar-refractivity contribution in [2.45, 2.75) is 25.2 Å². The fourth-order valence-electron chi connectivity index (χ4n) is 4.46. The maximum atomic E-state index is 12.3. The van der Waals surface area contributed by atoms with E-state index in [0.29, 0.717) is 17.1 Å². The molecule has 1 heterocycles. The van der Waals surface area contributed by atoms with Gasteiger partial charge in [-0.05, 0) is 56.3 Å². The first kappa shape index (κ1) is 22.6. The van der Waals surface area contributed by atoms with E-state index in [1.807, 2.05) is 19.2 Å². The number of phenols is 1. The molecule has 7 heteroatoms. The van der Waals surface area contributed by atoms with Gasteiger partial charge in [0.25, 0.3) is 0 Å². The number of nitrogens with one attached hydrogen (secondary N) is 2. The summed E-state index contributed by atoms with van der Waals surface area (Å²) in [6, 6.07) is 10.2. The highest BCUT2D eigenvalue weighted by Gasteiger charge is 2.38. The summed E-state index contributed by atoms with van der Waals surface area (Å²) in [5.74, 6) is -0.976. The molecule has 0 spiro atoms. The molecule has 2 unspecified atom stereocenters. The Kier molecular flexibility index (Phi) is 6.79. The second kappa shape index (κ2) is 9.92. The quantitative estimate of drug-likeness (QED) is 0.429. The first-order valence-electron chi connectivity index (χ1n) is 11.2. The number of phenolic OH excluding ortho intramolecular Hbond substituents is 1. The lowest BCUT2D eigenvalue weighted by Crippen LogP contribution is -2.27. The summed E-state index contributed by atoms with van der Waals surface area (Å²) in [4.78, 5) is 24.2. The summed E-state index contributed by atoms with van der Waals surface area (Å²) in [7, 11) is 1.94. The molecule has 0 radical (unpaired) electrons. The van der Waals surface area contributed by atoms with E-state index >= 15 is 0 Å². The number of unbranched alkanes of at least 4 members (excludes halogenated alkanes) is 2. The van der Waals surface area contributed by atoms with Crippen LogP contribution in [0.25, 0.3) is 0 Å². The van der Waals surface area contributed by atoms with E-state index in [9.17, 15) is 19.8 Å². The predicted octanol–water partition coefficient (Wildman–Crippen LogP) is 4.06. The topological polar surface area (TPSA) is 108 Å². The minimum absolute atomic E-state index is 0.0388. The third-order valence-corrected chi connectivity index (χ3v) is 6.05. The van der Waals surface area contributed by atoms with Crippen LogP contribution in [-0.2, 0) is 4.79 Å². The summed E-state index contributed by atoms with van der Waals surface area (Å²) in [6.07, 6.45) is 7.86. The summed E-state index contributed by atoms with van der Waals surface area (Å²) >= 11 is 0. The minimum atomic E-state index is -1.02. The number of carboxylic acids is 1. The van der Waals surface area contributed by atoms with Gasteiger partial charge in [-0.1, -0.05) is 24.6 Å². The van der Waals surface area contributed by atoms with Crippen molar-refractivity contribution in [3.05, 3.63) is 77.1 Å². The largest absolute Gasteiger partial charge is 0.508 e. The number of allylic oxidation sites excluding steroid dienone is 3. The summed E-state index contributed by atoms with van der Waals surface area (Å²) in [5, 5.41) is 26.4. The number of aromatic carboxylic acids is 1. The standard InChI is InChI=1S/C26H28N2O5/c1-27-11-3-2-4-12-28-16-5-8-19(22(13-16)26(31)32)25-20-9-6-17(29)14-23(20)33-24-15-18(30)7-10-21(24)25/h5-10,13-15,20,25,27-28,30H,2-4,11-12H2,1H3,(H,31,32). The van der Waals surface area contributed by atoms with Gasteiger partial charge < -0.3 is 25.6 Å². The molecule has 172 valence electrons. The molecule has 0 fully saturated rings. The molecule has 0 saturated carbocycles. The molecule has 0 aromatic heterocycles. The van der Waals surface area contributed by atoms with Gasteiger partial charge in [-0.3, -0.25) is 4.79 Å². The second-order valence-corrected chi connectivity index (χ2v) is 8.33. The number of carboxylic acid groups (broad SMARTS) is 1. The molecule has 4 N–H and O–H groups in total. The average molecular weight is 449 g/mol. The second-order valence-electron chi connectivity index (χ2n) is 8.33. The highest BCUT2D eigenvalue weighted by atomic mass is 16.5.